The Hall–Kier alpha value is -2.34. The zero-order valence-corrected chi connectivity index (χ0v) is 14.8. The largest absolute Gasteiger partial charge is 0.376 e. The van der Waals surface area contributed by atoms with Gasteiger partial charge in [-0.15, -0.1) is 0 Å². The Kier molecular flexibility index (Phi) is 6.45. The molecular weight excluding hydrogens is 314 g/mol. The molecule has 134 valence electrons. The molecule has 1 aromatic heterocycles. The van der Waals surface area contributed by atoms with Gasteiger partial charge in [0.15, 0.2) is 5.96 Å². The molecule has 1 unspecified atom stereocenters. The number of benzene rings is 1. The number of nitrogens with zero attached hydrogens (tertiary/aromatic N) is 3. The molecule has 0 amide bonds. The highest BCUT2D eigenvalue weighted by Crippen LogP contribution is 2.10. The molecule has 6 nitrogen and oxygen atoms in total. The molecule has 0 spiro atoms. The Morgan fingerprint density at radius 3 is 2.80 bits per heavy atom. The Balaban J connectivity index is 1.52. The van der Waals surface area contributed by atoms with Crippen LogP contribution in [0.1, 0.15) is 30.9 Å². The van der Waals surface area contributed by atoms with Gasteiger partial charge < -0.3 is 19.9 Å². The molecule has 3 rings (SSSR count). The Morgan fingerprint density at radius 2 is 2.12 bits per heavy atom. The van der Waals surface area contributed by atoms with E-state index in [9.17, 15) is 0 Å². The number of imidazole rings is 1. The third kappa shape index (κ3) is 5.60. The van der Waals surface area contributed by atoms with Gasteiger partial charge in [-0.2, -0.15) is 0 Å². The lowest BCUT2D eigenvalue weighted by molar-refractivity contribution is 0.114. The van der Waals surface area contributed by atoms with Crippen LogP contribution in [-0.4, -0.2) is 41.3 Å². The summed E-state index contributed by atoms with van der Waals surface area (Å²) in [6.45, 7) is 6.12. The van der Waals surface area contributed by atoms with Gasteiger partial charge in [-0.3, -0.25) is 0 Å². The Labute approximate surface area is 149 Å². The molecule has 0 bridgehead atoms. The molecule has 0 aliphatic carbocycles. The minimum absolute atomic E-state index is 0.311. The molecule has 25 heavy (non-hydrogen) atoms. The van der Waals surface area contributed by atoms with Crippen molar-refractivity contribution in [1.29, 1.82) is 0 Å². The van der Waals surface area contributed by atoms with Gasteiger partial charge in [0.25, 0.3) is 0 Å². The summed E-state index contributed by atoms with van der Waals surface area (Å²) in [6, 6.07) is 8.58. The molecule has 2 aromatic rings. The van der Waals surface area contributed by atoms with Crippen LogP contribution in [-0.2, 0) is 17.8 Å². The fraction of sp³-hybridized carbons (Fsp3) is 0.474. The predicted octanol–water partition coefficient (Wildman–Crippen LogP) is 2.17. The van der Waals surface area contributed by atoms with E-state index in [-0.39, 0.29) is 0 Å². The molecular formula is C19H27N5O. The standard InChI is InChI=1S/C19H27N5O/c1-2-21-19(23-13-18-4-3-11-25-18)22-12-16-5-7-17(8-6-16)14-24-10-9-20-15-24/h5-10,15,18H,2-4,11-14H2,1H3,(H2,21,22,23). The van der Waals surface area contributed by atoms with E-state index in [2.05, 4.69) is 56.4 Å². The maximum absolute atomic E-state index is 5.65. The number of nitrogens with one attached hydrogen (secondary N) is 2. The summed E-state index contributed by atoms with van der Waals surface area (Å²) in [5.41, 5.74) is 2.46. The van der Waals surface area contributed by atoms with Crippen molar-refractivity contribution in [2.75, 3.05) is 19.7 Å². The minimum Gasteiger partial charge on any atom is -0.376 e. The molecule has 0 radical (unpaired) electrons. The minimum atomic E-state index is 0.311. The molecule has 1 fully saturated rings. The number of aliphatic imine (C=N–C) groups is 1. The summed E-state index contributed by atoms with van der Waals surface area (Å²) in [6.07, 6.45) is 8.21. The molecule has 2 heterocycles. The predicted molar refractivity (Wildman–Crippen MR) is 99.6 cm³/mol. The lowest BCUT2D eigenvalue weighted by Gasteiger charge is -2.14. The van der Waals surface area contributed by atoms with Crippen molar-refractivity contribution in [2.24, 2.45) is 4.99 Å². The van der Waals surface area contributed by atoms with E-state index in [1.54, 1.807) is 6.20 Å². The monoisotopic (exact) mass is 341 g/mol. The summed E-state index contributed by atoms with van der Waals surface area (Å²) < 4.78 is 7.71. The smallest absolute Gasteiger partial charge is 0.191 e. The Morgan fingerprint density at radius 1 is 1.28 bits per heavy atom. The molecule has 1 aliphatic rings. The number of ether oxygens (including phenoxy) is 1. The molecule has 1 aliphatic heterocycles. The first-order valence-corrected chi connectivity index (χ1v) is 9.01. The average Bonchev–Trinajstić information content (AvgIpc) is 3.32. The van der Waals surface area contributed by atoms with E-state index < -0.39 is 0 Å². The number of aromatic nitrogens is 2. The van der Waals surface area contributed by atoms with Crippen LogP contribution in [0.15, 0.2) is 48.0 Å². The zero-order chi connectivity index (χ0) is 17.3. The molecule has 6 heteroatoms. The van der Waals surface area contributed by atoms with E-state index in [0.717, 1.165) is 45.0 Å². The summed E-state index contributed by atoms with van der Waals surface area (Å²) in [5.74, 6) is 0.848. The quantitative estimate of drug-likeness (QED) is 0.598. The first kappa shape index (κ1) is 17.5. The van der Waals surface area contributed by atoms with Gasteiger partial charge in [0, 0.05) is 38.6 Å². The average molecular weight is 341 g/mol. The van der Waals surface area contributed by atoms with Crippen molar-refractivity contribution in [3.05, 3.63) is 54.1 Å². The molecule has 1 saturated heterocycles. The van der Waals surface area contributed by atoms with Crippen LogP contribution >= 0.6 is 0 Å². The van der Waals surface area contributed by atoms with Gasteiger partial charge in [0.2, 0.25) is 0 Å². The normalized spacial score (nSPS) is 17.6. The molecule has 0 saturated carbocycles. The van der Waals surface area contributed by atoms with Gasteiger partial charge in [0.05, 0.1) is 19.0 Å². The molecule has 2 N–H and O–H groups in total. The fourth-order valence-corrected chi connectivity index (χ4v) is 2.87. The van der Waals surface area contributed by atoms with Crippen LogP contribution in [0.25, 0.3) is 0 Å². The van der Waals surface area contributed by atoms with Crippen molar-refractivity contribution in [3.63, 3.8) is 0 Å². The van der Waals surface area contributed by atoms with Gasteiger partial charge in [-0.05, 0) is 30.9 Å². The summed E-state index contributed by atoms with van der Waals surface area (Å²) >= 11 is 0. The van der Waals surface area contributed by atoms with Crippen molar-refractivity contribution in [1.82, 2.24) is 20.2 Å². The first-order chi connectivity index (χ1) is 12.3. The van der Waals surface area contributed by atoms with Crippen molar-refractivity contribution in [3.8, 4) is 0 Å². The number of guanidine groups is 1. The van der Waals surface area contributed by atoms with E-state index in [1.807, 2.05) is 12.5 Å². The van der Waals surface area contributed by atoms with Gasteiger partial charge >= 0.3 is 0 Å². The van der Waals surface area contributed by atoms with Crippen LogP contribution in [0.2, 0.25) is 0 Å². The highest BCUT2D eigenvalue weighted by Gasteiger charge is 2.15. The van der Waals surface area contributed by atoms with Crippen molar-refractivity contribution < 1.29 is 4.74 Å². The van der Waals surface area contributed by atoms with Gasteiger partial charge in [-0.1, -0.05) is 24.3 Å². The third-order valence-electron chi connectivity index (χ3n) is 4.23. The number of rotatable bonds is 7. The highest BCUT2D eigenvalue weighted by molar-refractivity contribution is 5.79. The maximum Gasteiger partial charge on any atom is 0.191 e. The second-order valence-corrected chi connectivity index (χ2v) is 6.26. The topological polar surface area (TPSA) is 63.5 Å². The first-order valence-electron chi connectivity index (χ1n) is 9.01. The van der Waals surface area contributed by atoms with Crippen LogP contribution in [0.4, 0.5) is 0 Å². The van der Waals surface area contributed by atoms with E-state index in [4.69, 9.17) is 4.74 Å². The van der Waals surface area contributed by atoms with Gasteiger partial charge in [-0.25, -0.2) is 9.98 Å². The summed E-state index contributed by atoms with van der Waals surface area (Å²) in [7, 11) is 0. The second-order valence-electron chi connectivity index (χ2n) is 6.26. The SMILES string of the molecule is CCNC(=NCc1ccc(Cn2ccnc2)cc1)NCC1CCCO1. The zero-order valence-electron chi connectivity index (χ0n) is 14.8. The lowest BCUT2D eigenvalue weighted by atomic mass is 10.1. The van der Waals surface area contributed by atoms with Crippen LogP contribution in [0.3, 0.4) is 0 Å². The Bertz CT molecular complexity index is 645. The van der Waals surface area contributed by atoms with Crippen LogP contribution in [0.5, 0.6) is 0 Å². The van der Waals surface area contributed by atoms with Crippen molar-refractivity contribution in [2.45, 2.75) is 39.0 Å². The lowest BCUT2D eigenvalue weighted by Crippen LogP contribution is -2.41. The summed E-state index contributed by atoms with van der Waals surface area (Å²) in [4.78, 5) is 8.74. The van der Waals surface area contributed by atoms with Crippen molar-refractivity contribution >= 4 is 5.96 Å². The second kappa shape index (κ2) is 9.22. The van der Waals surface area contributed by atoms with E-state index in [1.165, 1.54) is 11.1 Å². The van der Waals surface area contributed by atoms with Crippen LogP contribution < -0.4 is 10.6 Å². The maximum atomic E-state index is 5.65. The van der Waals surface area contributed by atoms with Gasteiger partial charge in [0.1, 0.15) is 0 Å². The number of hydrogen-bond acceptors (Lipinski definition) is 3. The third-order valence-corrected chi connectivity index (χ3v) is 4.23. The molecule has 1 aromatic carbocycles. The van der Waals surface area contributed by atoms with E-state index >= 15 is 0 Å². The number of hydrogen-bond donors (Lipinski definition) is 2. The molecule has 1 atom stereocenters. The fourth-order valence-electron chi connectivity index (χ4n) is 2.87. The van der Waals surface area contributed by atoms with Crippen LogP contribution in [0, 0.1) is 0 Å². The highest BCUT2D eigenvalue weighted by atomic mass is 16.5. The summed E-state index contributed by atoms with van der Waals surface area (Å²) in [5, 5.41) is 6.67. The van der Waals surface area contributed by atoms with E-state index in [0.29, 0.717) is 12.6 Å².